The number of furan rings is 1. The van der Waals surface area contributed by atoms with Crippen LogP contribution in [0.1, 0.15) is 0 Å². The fraction of sp³-hybridized carbons (Fsp3) is 0. The van der Waals surface area contributed by atoms with Gasteiger partial charge in [0.1, 0.15) is 11.2 Å². The van der Waals surface area contributed by atoms with E-state index in [0.717, 1.165) is 67.0 Å². The van der Waals surface area contributed by atoms with Gasteiger partial charge in [-0.1, -0.05) is 146 Å². The lowest BCUT2D eigenvalue weighted by Crippen LogP contribution is -2.11. The molecule has 4 nitrogen and oxygen atoms in total. The van der Waals surface area contributed by atoms with E-state index in [4.69, 9.17) is 4.42 Å². The van der Waals surface area contributed by atoms with Crippen molar-refractivity contribution < 1.29 is 4.42 Å². The Kier molecular flexibility index (Phi) is 7.57. The van der Waals surface area contributed by atoms with Crippen LogP contribution in [0.3, 0.4) is 0 Å². The highest BCUT2D eigenvalue weighted by molar-refractivity contribution is 6.20. The number of rotatable bonds is 6. The SMILES string of the molecule is c1ccc(-n2c3ccccc3c3c(N(c4ccc(-c5ccc(-n6c7ccccc7c7ccc8ccccc8c76)cc5)cc4)c4cccc5oc6ccccc6c45)cccc32)cc1. The van der Waals surface area contributed by atoms with E-state index in [1.807, 2.05) is 6.07 Å². The van der Waals surface area contributed by atoms with Crippen molar-refractivity contribution in [3.05, 3.63) is 224 Å². The minimum Gasteiger partial charge on any atom is -0.456 e. The van der Waals surface area contributed by atoms with Crippen molar-refractivity contribution in [2.75, 3.05) is 4.90 Å². The highest BCUT2D eigenvalue weighted by Gasteiger charge is 2.24. The van der Waals surface area contributed by atoms with Gasteiger partial charge in [-0.05, 0) is 95.4 Å². The van der Waals surface area contributed by atoms with E-state index in [-0.39, 0.29) is 0 Å². The van der Waals surface area contributed by atoms with Crippen molar-refractivity contribution in [2.24, 2.45) is 0 Å². The molecule has 0 saturated carbocycles. The van der Waals surface area contributed by atoms with E-state index in [9.17, 15) is 0 Å². The van der Waals surface area contributed by atoms with Crippen LogP contribution >= 0.6 is 0 Å². The van der Waals surface area contributed by atoms with Crippen molar-refractivity contribution >= 4 is 93.4 Å². The first-order chi connectivity index (χ1) is 30.8. The monoisotopic (exact) mass is 791 g/mol. The van der Waals surface area contributed by atoms with Gasteiger partial charge >= 0.3 is 0 Å². The Bertz CT molecular complexity index is 3850. The van der Waals surface area contributed by atoms with Gasteiger partial charge in [-0.3, -0.25) is 0 Å². The summed E-state index contributed by atoms with van der Waals surface area (Å²) in [5.74, 6) is 0. The first-order valence-electron chi connectivity index (χ1n) is 21.2. The summed E-state index contributed by atoms with van der Waals surface area (Å²) in [6.07, 6.45) is 0. The lowest BCUT2D eigenvalue weighted by molar-refractivity contribution is 0.669. The molecule has 13 rings (SSSR count). The average Bonchev–Trinajstić information content (AvgIpc) is 4.01. The normalized spacial score (nSPS) is 11.9. The van der Waals surface area contributed by atoms with Gasteiger partial charge in [-0.15, -0.1) is 0 Å². The van der Waals surface area contributed by atoms with Gasteiger partial charge in [-0.25, -0.2) is 0 Å². The molecule has 290 valence electrons. The molecule has 0 aliphatic heterocycles. The van der Waals surface area contributed by atoms with Crippen LogP contribution in [0.25, 0.3) is 98.8 Å². The van der Waals surface area contributed by atoms with E-state index >= 15 is 0 Å². The topological polar surface area (TPSA) is 26.2 Å². The van der Waals surface area contributed by atoms with Gasteiger partial charge in [0.2, 0.25) is 0 Å². The standard InChI is InChI=1S/C58H37N3O/c1-2-15-41(16-3-1)59-50-22-10-7-19-47(50)56-51(59)23-12-24-52(56)60(53-25-13-27-55-57(53)48-20-8-11-26-54(48)62-55)42-33-28-38(29-34-42)39-30-35-43(36-31-39)61-49-21-9-6-18-45(49)46-37-32-40-14-4-5-17-44(40)58(46)61/h1-37H. The van der Waals surface area contributed by atoms with Gasteiger partial charge < -0.3 is 18.5 Å². The molecule has 0 radical (unpaired) electrons. The fourth-order valence-corrected chi connectivity index (χ4v) is 10.00. The van der Waals surface area contributed by atoms with E-state index in [2.05, 4.69) is 232 Å². The van der Waals surface area contributed by atoms with Crippen molar-refractivity contribution in [1.29, 1.82) is 0 Å². The van der Waals surface area contributed by atoms with Crippen molar-refractivity contribution in [2.45, 2.75) is 0 Å². The van der Waals surface area contributed by atoms with Crippen LogP contribution in [-0.4, -0.2) is 9.13 Å². The second-order valence-electron chi connectivity index (χ2n) is 16.1. The minimum atomic E-state index is 0.862. The van der Waals surface area contributed by atoms with Crippen LogP contribution in [0.4, 0.5) is 17.1 Å². The molecule has 10 aromatic carbocycles. The lowest BCUT2D eigenvalue weighted by Gasteiger charge is -2.27. The molecule has 0 unspecified atom stereocenters. The summed E-state index contributed by atoms with van der Waals surface area (Å²) < 4.78 is 11.3. The predicted octanol–water partition coefficient (Wildman–Crippen LogP) is 16.1. The van der Waals surface area contributed by atoms with Crippen LogP contribution in [0.5, 0.6) is 0 Å². The van der Waals surface area contributed by atoms with E-state index in [1.54, 1.807) is 0 Å². The summed E-state index contributed by atoms with van der Waals surface area (Å²) in [5, 5.41) is 9.59. The fourth-order valence-electron chi connectivity index (χ4n) is 10.00. The lowest BCUT2D eigenvalue weighted by atomic mass is 10.0. The molecule has 3 heterocycles. The Morgan fingerprint density at radius 1 is 0.323 bits per heavy atom. The minimum absolute atomic E-state index is 0.862. The Morgan fingerprint density at radius 2 is 0.887 bits per heavy atom. The van der Waals surface area contributed by atoms with Gasteiger partial charge in [0, 0.05) is 49.4 Å². The number of benzene rings is 10. The van der Waals surface area contributed by atoms with E-state index in [1.165, 1.54) is 48.9 Å². The quantitative estimate of drug-likeness (QED) is 0.168. The predicted molar refractivity (Wildman–Crippen MR) is 260 cm³/mol. The summed E-state index contributed by atoms with van der Waals surface area (Å²) in [6.45, 7) is 0. The number of nitrogens with zero attached hydrogens (tertiary/aromatic N) is 3. The Labute approximate surface area is 357 Å². The molecule has 62 heavy (non-hydrogen) atoms. The Balaban J connectivity index is 0.978. The molecule has 0 saturated heterocycles. The Morgan fingerprint density at radius 3 is 1.68 bits per heavy atom. The molecule has 0 aliphatic carbocycles. The first kappa shape index (κ1) is 34.5. The van der Waals surface area contributed by atoms with Gasteiger partial charge in [0.15, 0.2) is 0 Å². The number of para-hydroxylation sites is 4. The summed E-state index contributed by atoms with van der Waals surface area (Å²) in [7, 11) is 0. The summed E-state index contributed by atoms with van der Waals surface area (Å²) in [6, 6.07) is 80.9. The number of aromatic nitrogens is 2. The molecule has 0 aliphatic rings. The maximum Gasteiger partial charge on any atom is 0.137 e. The number of fused-ring (bicyclic) bond motifs is 11. The van der Waals surface area contributed by atoms with Gasteiger partial charge in [0.25, 0.3) is 0 Å². The molecule has 0 atom stereocenters. The third-order valence-corrected chi connectivity index (χ3v) is 12.7. The van der Waals surface area contributed by atoms with Crippen molar-refractivity contribution in [3.63, 3.8) is 0 Å². The third kappa shape index (κ3) is 5.14. The van der Waals surface area contributed by atoms with Crippen LogP contribution in [0.2, 0.25) is 0 Å². The summed E-state index contributed by atoms with van der Waals surface area (Å²) >= 11 is 0. The van der Waals surface area contributed by atoms with Crippen molar-refractivity contribution in [3.8, 4) is 22.5 Å². The zero-order valence-electron chi connectivity index (χ0n) is 33.6. The number of anilines is 3. The van der Waals surface area contributed by atoms with Gasteiger partial charge in [-0.2, -0.15) is 0 Å². The maximum atomic E-state index is 6.48. The number of hydrogen-bond donors (Lipinski definition) is 0. The first-order valence-corrected chi connectivity index (χ1v) is 21.2. The Hall–Kier alpha value is -8.34. The van der Waals surface area contributed by atoms with Crippen LogP contribution in [0, 0.1) is 0 Å². The highest BCUT2D eigenvalue weighted by Crippen LogP contribution is 2.48. The summed E-state index contributed by atoms with van der Waals surface area (Å²) in [4.78, 5) is 2.42. The van der Waals surface area contributed by atoms with Crippen LogP contribution < -0.4 is 4.90 Å². The van der Waals surface area contributed by atoms with Gasteiger partial charge in [0.05, 0.1) is 38.8 Å². The zero-order chi connectivity index (χ0) is 40.7. The molecular formula is C58H37N3O. The molecule has 13 aromatic rings. The molecule has 0 spiro atoms. The van der Waals surface area contributed by atoms with E-state index < -0.39 is 0 Å². The summed E-state index contributed by atoms with van der Waals surface area (Å²) in [5.41, 5.74) is 14.3. The molecule has 0 bridgehead atoms. The average molecular weight is 792 g/mol. The highest BCUT2D eigenvalue weighted by atomic mass is 16.3. The largest absolute Gasteiger partial charge is 0.456 e. The van der Waals surface area contributed by atoms with Crippen molar-refractivity contribution in [1.82, 2.24) is 9.13 Å². The third-order valence-electron chi connectivity index (χ3n) is 12.7. The second kappa shape index (κ2) is 13.6. The smallest absolute Gasteiger partial charge is 0.137 e. The van der Waals surface area contributed by atoms with Crippen LogP contribution in [-0.2, 0) is 0 Å². The van der Waals surface area contributed by atoms with E-state index in [0.29, 0.717) is 0 Å². The molecule has 4 heteroatoms. The molecule has 0 fully saturated rings. The van der Waals surface area contributed by atoms with Crippen LogP contribution in [0.15, 0.2) is 229 Å². The molecular weight excluding hydrogens is 755 g/mol. The maximum absolute atomic E-state index is 6.48. The zero-order valence-corrected chi connectivity index (χ0v) is 33.6. The molecule has 0 amide bonds. The molecule has 0 N–H and O–H groups in total. The number of hydrogen-bond acceptors (Lipinski definition) is 2. The second-order valence-corrected chi connectivity index (χ2v) is 16.1. The molecule has 3 aromatic heterocycles.